The Kier molecular flexibility index (Phi) is 4.87. The van der Waals surface area contributed by atoms with E-state index in [-0.39, 0.29) is 17.1 Å². The highest BCUT2D eigenvalue weighted by Crippen LogP contribution is 2.20. The number of hydrogen-bond acceptors (Lipinski definition) is 4. The van der Waals surface area contributed by atoms with E-state index < -0.39 is 0 Å². The summed E-state index contributed by atoms with van der Waals surface area (Å²) in [7, 11) is 0. The van der Waals surface area contributed by atoms with Crippen molar-refractivity contribution in [3.63, 3.8) is 0 Å². The van der Waals surface area contributed by atoms with Gasteiger partial charge in [-0.15, -0.1) is 0 Å². The molecule has 0 spiro atoms. The number of hydrogen-bond donors (Lipinski definition) is 1. The molecule has 0 radical (unpaired) electrons. The predicted molar refractivity (Wildman–Crippen MR) is 74.3 cm³/mol. The molecule has 2 amide bonds. The first-order valence-corrected chi connectivity index (χ1v) is 6.88. The number of carbonyl (C=O) groups excluding carboxylic acids is 3. The number of imide groups is 1. The van der Waals surface area contributed by atoms with Crippen LogP contribution >= 0.6 is 11.6 Å². The van der Waals surface area contributed by atoms with Crippen LogP contribution in [-0.2, 0) is 4.79 Å². The van der Waals surface area contributed by atoms with Crippen LogP contribution in [0.25, 0.3) is 0 Å². The Labute approximate surface area is 121 Å². The van der Waals surface area contributed by atoms with E-state index in [0.29, 0.717) is 30.5 Å². The molecule has 0 saturated carbocycles. The number of amides is 2. The highest BCUT2D eigenvalue weighted by atomic mass is 35.5. The normalized spacial score (nSPS) is 13.8. The average Bonchev–Trinajstić information content (AvgIpc) is 2.67. The van der Waals surface area contributed by atoms with E-state index in [1.807, 2.05) is 0 Å². The van der Waals surface area contributed by atoms with Gasteiger partial charge in [-0.3, -0.25) is 14.4 Å². The second-order valence-corrected chi connectivity index (χ2v) is 4.99. The summed E-state index contributed by atoms with van der Waals surface area (Å²) in [4.78, 5) is 34.5. The van der Waals surface area contributed by atoms with Gasteiger partial charge in [0.15, 0.2) is 0 Å². The maximum Gasteiger partial charge on any atom is 0.276 e. The van der Waals surface area contributed by atoms with Gasteiger partial charge in [0.2, 0.25) is 5.24 Å². The number of halogens is 1. The van der Waals surface area contributed by atoms with Crippen LogP contribution in [0.2, 0.25) is 0 Å². The smallest absolute Gasteiger partial charge is 0.276 e. The van der Waals surface area contributed by atoms with Crippen molar-refractivity contribution in [2.75, 3.05) is 6.54 Å². The van der Waals surface area contributed by atoms with Gasteiger partial charge in [0, 0.05) is 13.0 Å². The Morgan fingerprint density at radius 1 is 1.05 bits per heavy atom. The fourth-order valence-corrected chi connectivity index (χ4v) is 2.22. The Hall–Kier alpha value is -1.72. The Balaban J connectivity index is 1.79. The molecule has 0 aromatic heterocycles. The third-order valence-corrected chi connectivity index (χ3v) is 3.30. The first kappa shape index (κ1) is 14.7. The number of unbranched alkanes of at least 4 members (excludes halogenated alkanes) is 2. The molecule has 1 aliphatic rings. The summed E-state index contributed by atoms with van der Waals surface area (Å²) in [6.45, 7) is 0.502. The van der Waals surface area contributed by atoms with Crippen LogP contribution in [0.15, 0.2) is 24.3 Å². The Morgan fingerprint density at radius 2 is 1.65 bits per heavy atom. The van der Waals surface area contributed by atoms with Crippen LogP contribution in [0, 0.1) is 0 Å². The zero-order chi connectivity index (χ0) is 14.5. The molecule has 1 N–H and O–H groups in total. The van der Waals surface area contributed by atoms with E-state index in [9.17, 15) is 14.4 Å². The van der Waals surface area contributed by atoms with Crippen LogP contribution in [0.5, 0.6) is 0 Å². The van der Waals surface area contributed by atoms with Crippen molar-refractivity contribution in [2.24, 2.45) is 0 Å². The number of nitrogens with one attached hydrogen (secondary N) is 1. The van der Waals surface area contributed by atoms with Crippen LogP contribution in [0.4, 0.5) is 0 Å². The zero-order valence-electron chi connectivity index (χ0n) is 10.9. The number of fused-ring (bicyclic) bond motifs is 1. The average molecular weight is 295 g/mol. The summed E-state index contributed by atoms with van der Waals surface area (Å²) in [5.74, 6) is -0.636. The lowest BCUT2D eigenvalue weighted by Gasteiger charge is -2.14. The highest BCUT2D eigenvalue weighted by Gasteiger charge is 2.34. The number of carbonyl (C=O) groups is 3. The predicted octanol–water partition coefficient (Wildman–Crippen LogP) is 2.11. The van der Waals surface area contributed by atoms with Gasteiger partial charge in [-0.25, -0.2) is 10.4 Å². The molecule has 6 heteroatoms. The van der Waals surface area contributed by atoms with E-state index in [1.165, 1.54) is 0 Å². The maximum absolute atomic E-state index is 12.0. The van der Waals surface area contributed by atoms with Crippen LogP contribution in [0.3, 0.4) is 0 Å². The van der Waals surface area contributed by atoms with Gasteiger partial charge < -0.3 is 0 Å². The molecular formula is C14H15ClN2O3. The summed E-state index contributed by atoms with van der Waals surface area (Å²) in [6.07, 6.45) is 2.65. The quantitative estimate of drug-likeness (QED) is 0.475. The zero-order valence-corrected chi connectivity index (χ0v) is 11.7. The molecule has 0 fully saturated rings. The molecule has 0 atom stereocenters. The van der Waals surface area contributed by atoms with E-state index in [2.05, 4.69) is 5.43 Å². The molecule has 0 aliphatic carbocycles. The standard InChI is InChI=1S/C14H15ClN2O3/c15-12(18)8-2-1-5-9-16-17-13(19)10-6-3-4-7-11(10)14(17)20/h3-4,6-7,16H,1-2,5,8-9H2. The molecule has 2 rings (SSSR count). The van der Waals surface area contributed by atoms with E-state index in [1.54, 1.807) is 24.3 Å². The van der Waals surface area contributed by atoms with Crippen molar-refractivity contribution in [2.45, 2.75) is 25.7 Å². The topological polar surface area (TPSA) is 66.5 Å². The molecule has 0 bridgehead atoms. The van der Waals surface area contributed by atoms with E-state index in [4.69, 9.17) is 11.6 Å². The second kappa shape index (κ2) is 6.63. The first-order valence-electron chi connectivity index (χ1n) is 6.51. The largest absolute Gasteiger partial charge is 0.281 e. The molecule has 5 nitrogen and oxygen atoms in total. The van der Waals surface area contributed by atoms with Crippen LogP contribution < -0.4 is 5.43 Å². The molecule has 106 valence electrons. The summed E-state index contributed by atoms with van der Waals surface area (Å²) in [5, 5.41) is 0.718. The number of nitrogens with zero attached hydrogens (tertiary/aromatic N) is 1. The van der Waals surface area contributed by atoms with Gasteiger partial charge in [-0.2, -0.15) is 0 Å². The molecule has 20 heavy (non-hydrogen) atoms. The monoisotopic (exact) mass is 294 g/mol. The first-order chi connectivity index (χ1) is 9.61. The van der Waals surface area contributed by atoms with Crippen molar-refractivity contribution in [1.82, 2.24) is 10.4 Å². The molecule has 0 unspecified atom stereocenters. The lowest BCUT2D eigenvalue weighted by Crippen LogP contribution is -2.42. The summed E-state index contributed by atoms with van der Waals surface area (Å²) >= 11 is 5.23. The second-order valence-electron chi connectivity index (χ2n) is 4.57. The fourth-order valence-electron chi connectivity index (χ4n) is 2.09. The molecule has 1 aliphatic heterocycles. The van der Waals surface area contributed by atoms with Gasteiger partial charge in [-0.05, 0) is 36.6 Å². The summed E-state index contributed by atoms with van der Waals surface area (Å²) in [5.41, 5.74) is 3.69. The number of benzene rings is 1. The molecular weight excluding hydrogens is 280 g/mol. The summed E-state index contributed by atoms with van der Waals surface area (Å²) in [6, 6.07) is 6.75. The maximum atomic E-state index is 12.0. The molecule has 1 aromatic rings. The van der Waals surface area contributed by atoms with Crippen molar-refractivity contribution >= 4 is 28.7 Å². The van der Waals surface area contributed by atoms with Crippen LogP contribution in [0.1, 0.15) is 46.4 Å². The van der Waals surface area contributed by atoms with Gasteiger partial charge in [0.1, 0.15) is 0 Å². The van der Waals surface area contributed by atoms with Crippen LogP contribution in [-0.4, -0.2) is 28.6 Å². The van der Waals surface area contributed by atoms with Gasteiger partial charge in [0.05, 0.1) is 11.1 Å². The lowest BCUT2D eigenvalue weighted by atomic mass is 10.1. The minimum atomic E-state index is -0.335. The minimum absolute atomic E-state index is 0.318. The highest BCUT2D eigenvalue weighted by molar-refractivity contribution is 6.63. The van der Waals surface area contributed by atoms with Crippen molar-refractivity contribution in [3.8, 4) is 0 Å². The number of hydrazine groups is 1. The lowest BCUT2D eigenvalue weighted by molar-refractivity contribution is -0.111. The van der Waals surface area contributed by atoms with Crippen molar-refractivity contribution in [3.05, 3.63) is 35.4 Å². The van der Waals surface area contributed by atoms with E-state index >= 15 is 0 Å². The fraction of sp³-hybridized carbons (Fsp3) is 0.357. The molecule has 1 heterocycles. The van der Waals surface area contributed by atoms with Gasteiger partial charge in [-0.1, -0.05) is 18.6 Å². The van der Waals surface area contributed by atoms with Crippen molar-refractivity contribution < 1.29 is 14.4 Å². The van der Waals surface area contributed by atoms with Crippen molar-refractivity contribution in [1.29, 1.82) is 0 Å². The van der Waals surface area contributed by atoms with E-state index in [0.717, 1.165) is 17.9 Å². The number of rotatable bonds is 7. The summed E-state index contributed by atoms with van der Waals surface area (Å²) < 4.78 is 0. The molecule has 1 aromatic carbocycles. The molecule has 0 saturated heterocycles. The van der Waals surface area contributed by atoms with Gasteiger partial charge >= 0.3 is 0 Å². The third-order valence-electron chi connectivity index (χ3n) is 3.11. The SMILES string of the molecule is O=C(Cl)CCCCCNN1C(=O)c2ccccc2C1=O. The minimum Gasteiger partial charge on any atom is -0.281 e. The Morgan fingerprint density at radius 3 is 2.20 bits per heavy atom. The van der Waals surface area contributed by atoms with Gasteiger partial charge in [0.25, 0.3) is 11.8 Å². The Bertz CT molecular complexity index is 510. The third kappa shape index (κ3) is 3.23.